The third kappa shape index (κ3) is 4.18. The summed E-state index contributed by atoms with van der Waals surface area (Å²) < 4.78 is 11.1. The third-order valence-corrected chi connectivity index (χ3v) is 5.22. The molecule has 5 nitrogen and oxygen atoms in total. The summed E-state index contributed by atoms with van der Waals surface area (Å²) in [6, 6.07) is 15.5. The first-order valence-electron chi connectivity index (χ1n) is 9.72. The van der Waals surface area contributed by atoms with E-state index in [0.29, 0.717) is 49.7 Å². The van der Waals surface area contributed by atoms with E-state index in [2.05, 4.69) is 11.4 Å². The summed E-state index contributed by atoms with van der Waals surface area (Å²) >= 11 is 0. The minimum atomic E-state index is -0.657. The molecule has 28 heavy (non-hydrogen) atoms. The van der Waals surface area contributed by atoms with Gasteiger partial charge in [0.25, 0.3) is 0 Å². The van der Waals surface area contributed by atoms with Gasteiger partial charge in [-0.3, -0.25) is 4.79 Å². The first-order valence-corrected chi connectivity index (χ1v) is 9.72. The zero-order valence-electron chi connectivity index (χ0n) is 16.5. The maximum absolute atomic E-state index is 13.4. The standard InChI is InChI=1S/C23H26N2O3/c1-3-12-28-20-8-9-21(18(15-20)16-24)25-22(26)23(10-13-27-14-11-23)19-6-4-17(2)5-7-19/h4-9,15H,3,10-14H2,1-2H3,(H,25,26). The number of benzene rings is 2. The molecule has 1 saturated heterocycles. The number of nitriles is 1. The molecule has 2 aromatic rings. The lowest BCUT2D eigenvalue weighted by Crippen LogP contribution is -2.45. The van der Waals surface area contributed by atoms with Crippen molar-refractivity contribution < 1.29 is 14.3 Å². The Labute approximate surface area is 166 Å². The molecule has 5 heteroatoms. The highest BCUT2D eigenvalue weighted by Gasteiger charge is 2.41. The highest BCUT2D eigenvalue weighted by Crippen LogP contribution is 2.37. The van der Waals surface area contributed by atoms with Gasteiger partial charge in [0, 0.05) is 13.2 Å². The lowest BCUT2D eigenvalue weighted by atomic mass is 9.73. The summed E-state index contributed by atoms with van der Waals surface area (Å²) in [5.74, 6) is 0.536. The molecule has 0 aromatic heterocycles. The van der Waals surface area contributed by atoms with Crippen LogP contribution in [0.5, 0.6) is 5.75 Å². The van der Waals surface area contributed by atoms with Gasteiger partial charge in [0.15, 0.2) is 0 Å². The van der Waals surface area contributed by atoms with E-state index in [4.69, 9.17) is 9.47 Å². The summed E-state index contributed by atoms with van der Waals surface area (Å²) in [7, 11) is 0. The molecule has 3 rings (SSSR count). The number of ether oxygens (including phenoxy) is 2. The third-order valence-electron chi connectivity index (χ3n) is 5.22. The van der Waals surface area contributed by atoms with Gasteiger partial charge in [-0.1, -0.05) is 36.8 Å². The van der Waals surface area contributed by atoms with Gasteiger partial charge in [0.05, 0.1) is 23.3 Å². The van der Waals surface area contributed by atoms with Gasteiger partial charge in [0.2, 0.25) is 5.91 Å². The van der Waals surface area contributed by atoms with Crippen molar-refractivity contribution in [2.45, 2.75) is 38.5 Å². The van der Waals surface area contributed by atoms with Crippen molar-refractivity contribution in [3.05, 3.63) is 59.2 Å². The molecule has 146 valence electrons. The number of amides is 1. The van der Waals surface area contributed by atoms with Crippen molar-refractivity contribution in [2.24, 2.45) is 0 Å². The summed E-state index contributed by atoms with van der Waals surface area (Å²) in [6.45, 7) is 5.72. The Hall–Kier alpha value is -2.84. The van der Waals surface area contributed by atoms with Gasteiger partial charge >= 0.3 is 0 Å². The quantitative estimate of drug-likeness (QED) is 0.811. The van der Waals surface area contributed by atoms with Gasteiger partial charge in [-0.25, -0.2) is 0 Å². The highest BCUT2D eigenvalue weighted by atomic mass is 16.5. The van der Waals surface area contributed by atoms with E-state index < -0.39 is 5.41 Å². The van der Waals surface area contributed by atoms with Crippen LogP contribution in [0.1, 0.15) is 42.9 Å². The van der Waals surface area contributed by atoms with E-state index in [0.717, 1.165) is 17.5 Å². The zero-order chi connectivity index (χ0) is 20.0. The van der Waals surface area contributed by atoms with Crippen molar-refractivity contribution >= 4 is 11.6 Å². The van der Waals surface area contributed by atoms with E-state index in [1.54, 1.807) is 18.2 Å². The number of rotatable bonds is 6. The van der Waals surface area contributed by atoms with Crippen LogP contribution < -0.4 is 10.1 Å². The van der Waals surface area contributed by atoms with Crippen LogP contribution in [-0.4, -0.2) is 25.7 Å². The molecule has 1 aliphatic heterocycles. The Bertz CT molecular complexity index is 862. The van der Waals surface area contributed by atoms with Crippen LogP contribution in [0.25, 0.3) is 0 Å². The van der Waals surface area contributed by atoms with E-state index in [9.17, 15) is 10.1 Å². The smallest absolute Gasteiger partial charge is 0.235 e. The van der Waals surface area contributed by atoms with Gasteiger partial charge in [-0.2, -0.15) is 5.26 Å². The molecular weight excluding hydrogens is 352 g/mol. The van der Waals surface area contributed by atoms with Crippen molar-refractivity contribution in [1.29, 1.82) is 5.26 Å². The Morgan fingerprint density at radius 1 is 1.21 bits per heavy atom. The maximum atomic E-state index is 13.4. The van der Waals surface area contributed by atoms with Crippen LogP contribution in [0, 0.1) is 18.3 Å². The van der Waals surface area contributed by atoms with Crippen LogP contribution >= 0.6 is 0 Å². The Balaban J connectivity index is 1.88. The monoisotopic (exact) mass is 378 g/mol. The van der Waals surface area contributed by atoms with E-state index in [1.165, 1.54) is 0 Å². The fraction of sp³-hybridized carbons (Fsp3) is 0.391. The van der Waals surface area contributed by atoms with Crippen molar-refractivity contribution in [1.82, 2.24) is 0 Å². The highest BCUT2D eigenvalue weighted by molar-refractivity contribution is 6.00. The van der Waals surface area contributed by atoms with Crippen LogP contribution in [0.15, 0.2) is 42.5 Å². The zero-order valence-corrected chi connectivity index (χ0v) is 16.5. The first-order chi connectivity index (χ1) is 13.6. The average molecular weight is 378 g/mol. The predicted molar refractivity (Wildman–Crippen MR) is 108 cm³/mol. The van der Waals surface area contributed by atoms with Gasteiger partial charge < -0.3 is 14.8 Å². The molecular formula is C23H26N2O3. The molecule has 0 radical (unpaired) electrons. The molecule has 0 saturated carbocycles. The molecule has 0 atom stereocenters. The summed E-state index contributed by atoms with van der Waals surface area (Å²) in [5, 5.41) is 12.5. The summed E-state index contributed by atoms with van der Waals surface area (Å²) in [4.78, 5) is 13.4. The number of carbonyl (C=O) groups is 1. The Morgan fingerprint density at radius 3 is 2.57 bits per heavy atom. The molecule has 0 bridgehead atoms. The molecule has 1 N–H and O–H groups in total. The van der Waals surface area contributed by atoms with Crippen molar-refractivity contribution in [2.75, 3.05) is 25.1 Å². The number of aryl methyl sites for hydroxylation is 1. The Kier molecular flexibility index (Phi) is 6.33. The molecule has 2 aromatic carbocycles. The summed E-state index contributed by atoms with van der Waals surface area (Å²) in [6.07, 6.45) is 2.12. The molecule has 0 aliphatic carbocycles. The number of anilines is 1. The molecule has 0 spiro atoms. The second-order valence-electron chi connectivity index (χ2n) is 7.18. The maximum Gasteiger partial charge on any atom is 0.235 e. The molecule has 1 amide bonds. The normalized spacial score (nSPS) is 15.5. The van der Waals surface area contributed by atoms with Crippen LogP contribution in [-0.2, 0) is 14.9 Å². The van der Waals surface area contributed by atoms with Gasteiger partial charge in [-0.05, 0) is 49.9 Å². The molecule has 0 unspecified atom stereocenters. The molecule has 1 aliphatic rings. The van der Waals surface area contributed by atoms with Crippen LogP contribution in [0.2, 0.25) is 0 Å². The largest absolute Gasteiger partial charge is 0.494 e. The molecule has 1 heterocycles. The van der Waals surface area contributed by atoms with E-state index in [-0.39, 0.29) is 5.91 Å². The van der Waals surface area contributed by atoms with Crippen molar-refractivity contribution in [3.63, 3.8) is 0 Å². The van der Waals surface area contributed by atoms with Crippen molar-refractivity contribution in [3.8, 4) is 11.8 Å². The predicted octanol–water partition coefficient (Wildman–Crippen LogP) is 4.34. The first kappa shape index (κ1) is 19.9. The second-order valence-corrected chi connectivity index (χ2v) is 7.18. The van der Waals surface area contributed by atoms with E-state index >= 15 is 0 Å². The van der Waals surface area contributed by atoms with E-state index in [1.807, 2.05) is 38.1 Å². The SMILES string of the molecule is CCCOc1ccc(NC(=O)C2(c3ccc(C)cc3)CCOCC2)c(C#N)c1. The van der Waals surface area contributed by atoms with Crippen LogP contribution in [0.3, 0.4) is 0 Å². The van der Waals surface area contributed by atoms with Crippen LogP contribution in [0.4, 0.5) is 5.69 Å². The minimum absolute atomic E-state index is 0.0987. The lowest BCUT2D eigenvalue weighted by Gasteiger charge is -2.36. The summed E-state index contributed by atoms with van der Waals surface area (Å²) in [5.41, 5.74) is 2.39. The number of carbonyl (C=O) groups excluding carboxylic acids is 1. The number of hydrogen-bond donors (Lipinski definition) is 1. The van der Waals surface area contributed by atoms with Gasteiger partial charge in [-0.15, -0.1) is 0 Å². The topological polar surface area (TPSA) is 71.3 Å². The second kappa shape index (κ2) is 8.90. The molecule has 1 fully saturated rings. The average Bonchev–Trinajstić information content (AvgIpc) is 2.73. The fourth-order valence-electron chi connectivity index (χ4n) is 3.52. The Morgan fingerprint density at radius 2 is 1.93 bits per heavy atom. The lowest BCUT2D eigenvalue weighted by molar-refractivity contribution is -0.125. The fourth-order valence-corrected chi connectivity index (χ4v) is 3.52. The number of nitrogens with zero attached hydrogens (tertiary/aromatic N) is 1. The number of nitrogens with one attached hydrogen (secondary N) is 1. The van der Waals surface area contributed by atoms with Gasteiger partial charge in [0.1, 0.15) is 11.8 Å². The number of hydrogen-bond acceptors (Lipinski definition) is 4. The minimum Gasteiger partial charge on any atom is -0.494 e.